The fraction of sp³-hybridized carbons (Fsp3) is 0.302. The van der Waals surface area contributed by atoms with Crippen molar-refractivity contribution in [1.82, 2.24) is 4.98 Å². The smallest absolute Gasteiger partial charge is 0.322 e. The number of nitrogens with two attached hydrogens (primary N) is 1. The van der Waals surface area contributed by atoms with Gasteiger partial charge >= 0.3 is 5.97 Å². The molecule has 2 aliphatic heterocycles. The van der Waals surface area contributed by atoms with E-state index in [-0.39, 0.29) is 28.7 Å². The molecular formula is C43H46BrN3O5. The van der Waals surface area contributed by atoms with Crippen LogP contribution in [0.5, 0.6) is 11.5 Å². The maximum Gasteiger partial charge on any atom is 0.322 e. The van der Waals surface area contributed by atoms with Crippen LogP contribution >= 0.6 is 0 Å². The summed E-state index contributed by atoms with van der Waals surface area (Å²) >= 11 is 0. The van der Waals surface area contributed by atoms with Crippen LogP contribution in [0.3, 0.4) is 0 Å². The predicted octanol–water partition coefficient (Wildman–Crippen LogP) is 4.40. The number of benzene rings is 4. The van der Waals surface area contributed by atoms with Crippen molar-refractivity contribution in [2.75, 3.05) is 53.2 Å². The van der Waals surface area contributed by atoms with Crippen LogP contribution in [0.1, 0.15) is 42.1 Å². The number of ketones is 1. The lowest BCUT2D eigenvalue weighted by atomic mass is 9.68. The number of halogens is 1. The van der Waals surface area contributed by atoms with E-state index in [1.807, 2.05) is 36.4 Å². The third-order valence-electron chi connectivity index (χ3n) is 10.9. The molecule has 8 nitrogen and oxygen atoms in total. The molecule has 0 saturated heterocycles. The fourth-order valence-corrected chi connectivity index (χ4v) is 8.75. The van der Waals surface area contributed by atoms with E-state index in [4.69, 9.17) is 19.9 Å². The monoisotopic (exact) mass is 763 g/mol. The Bertz CT molecular complexity index is 2180. The number of methoxy groups -OCH3 is 3. The molecule has 270 valence electrons. The van der Waals surface area contributed by atoms with Crippen LogP contribution in [0.4, 0.5) is 5.69 Å². The number of nitrogens with one attached hydrogen (secondary N) is 1. The van der Waals surface area contributed by atoms with Crippen molar-refractivity contribution < 1.29 is 45.3 Å². The van der Waals surface area contributed by atoms with Gasteiger partial charge in [0.2, 0.25) is 5.78 Å². The lowest BCUT2D eigenvalue weighted by Gasteiger charge is -2.44. The van der Waals surface area contributed by atoms with E-state index in [2.05, 4.69) is 54.4 Å². The summed E-state index contributed by atoms with van der Waals surface area (Å²) in [6, 6.07) is 26.1. The van der Waals surface area contributed by atoms with Crippen LogP contribution in [0, 0.1) is 5.92 Å². The number of aromatic amines is 1. The second-order valence-corrected chi connectivity index (χ2v) is 14.1. The number of nitrogen functional groups attached to an aromatic ring is 1. The van der Waals surface area contributed by atoms with Crippen molar-refractivity contribution in [2.45, 2.75) is 31.6 Å². The standard InChI is InChI=1S/C43H46N3O5.BrH/c1-5-28-20-30-24-43(42(48)51-4,40-38(49-2)22-33(44)23-39(40)50-3)41-36(35-12-8-9-13-37(35)45-41)18-19-46(25-28,26-30)27-34(47)17-15-29-14-16-31-10-6-7-11-32(31)21-29;/h6-17,20-23,30,45H,5,18-19,24-27,44H2,1-4H3;1H/q+1;/p-1/b17-15+;/t30-,43+,46-;/m1./s1. The number of H-pyrrole nitrogens is 1. The summed E-state index contributed by atoms with van der Waals surface area (Å²) in [4.78, 5) is 32.4. The van der Waals surface area contributed by atoms with Crippen molar-refractivity contribution in [3.8, 4) is 11.5 Å². The first-order chi connectivity index (χ1) is 24.7. The summed E-state index contributed by atoms with van der Waals surface area (Å²) < 4.78 is 18.3. The van der Waals surface area contributed by atoms with Crippen molar-refractivity contribution in [1.29, 1.82) is 0 Å². The van der Waals surface area contributed by atoms with Gasteiger partial charge in [-0.1, -0.05) is 73.7 Å². The number of anilines is 1. The lowest BCUT2D eigenvalue weighted by Crippen LogP contribution is -3.00. The van der Waals surface area contributed by atoms with Crippen molar-refractivity contribution >= 4 is 45.2 Å². The highest BCUT2D eigenvalue weighted by molar-refractivity contribution is 5.96. The van der Waals surface area contributed by atoms with Crippen LogP contribution in [0.15, 0.2) is 96.6 Å². The highest BCUT2D eigenvalue weighted by Crippen LogP contribution is 2.52. The Balaban J connectivity index is 0.00000464. The molecule has 4 aromatic carbocycles. The number of hydrogen-bond acceptors (Lipinski definition) is 6. The molecule has 9 heteroatoms. The Labute approximate surface area is 315 Å². The summed E-state index contributed by atoms with van der Waals surface area (Å²) in [6.07, 6.45) is 7.87. The van der Waals surface area contributed by atoms with Gasteiger partial charge < -0.3 is 46.4 Å². The van der Waals surface area contributed by atoms with Crippen LogP contribution in [0.2, 0.25) is 0 Å². The van der Waals surface area contributed by atoms with Crippen molar-refractivity contribution in [3.05, 3.63) is 119 Å². The molecule has 5 aromatic rings. The zero-order valence-corrected chi connectivity index (χ0v) is 31.8. The minimum atomic E-state index is -1.34. The van der Waals surface area contributed by atoms with Gasteiger partial charge in [-0.2, -0.15) is 0 Å². The number of fused-ring (bicyclic) bond motifs is 6. The number of quaternary nitrogens is 1. The Morgan fingerprint density at radius 2 is 1.67 bits per heavy atom. The van der Waals surface area contributed by atoms with Gasteiger partial charge in [0.15, 0.2) is 0 Å². The van der Waals surface area contributed by atoms with Gasteiger partial charge in [-0.05, 0) is 58.5 Å². The molecule has 0 fully saturated rings. The summed E-state index contributed by atoms with van der Waals surface area (Å²) in [5, 5.41) is 3.35. The lowest BCUT2D eigenvalue weighted by molar-refractivity contribution is -0.920. The van der Waals surface area contributed by atoms with Gasteiger partial charge in [-0.3, -0.25) is 9.59 Å². The second-order valence-electron chi connectivity index (χ2n) is 14.1. The number of ether oxygens (including phenoxy) is 3. The molecule has 2 aliphatic rings. The molecule has 3 atom stereocenters. The number of carbonyl (C=O) groups is 2. The minimum absolute atomic E-state index is 0. The highest BCUT2D eigenvalue weighted by atomic mass is 79.9. The van der Waals surface area contributed by atoms with Crippen LogP contribution in [-0.2, 0) is 26.2 Å². The van der Waals surface area contributed by atoms with Crippen LogP contribution < -0.4 is 32.2 Å². The van der Waals surface area contributed by atoms with E-state index in [0.29, 0.717) is 53.2 Å². The van der Waals surface area contributed by atoms with Crippen molar-refractivity contribution in [3.63, 3.8) is 0 Å². The van der Waals surface area contributed by atoms with E-state index in [1.165, 1.54) is 18.1 Å². The highest BCUT2D eigenvalue weighted by Gasteiger charge is 2.54. The molecule has 0 amide bonds. The quantitative estimate of drug-likeness (QED) is 0.0760. The maximum absolute atomic E-state index is 14.7. The van der Waals surface area contributed by atoms with E-state index < -0.39 is 11.4 Å². The van der Waals surface area contributed by atoms with Crippen LogP contribution in [-0.4, -0.2) is 68.7 Å². The van der Waals surface area contributed by atoms with E-state index in [0.717, 1.165) is 52.6 Å². The topological polar surface area (TPSA) is 104 Å². The number of esters is 1. The molecule has 0 saturated carbocycles. The Kier molecular flexibility index (Phi) is 10.7. The van der Waals surface area contributed by atoms with Crippen molar-refractivity contribution in [2.24, 2.45) is 5.92 Å². The first kappa shape index (κ1) is 36.9. The predicted molar refractivity (Wildman–Crippen MR) is 203 cm³/mol. The zero-order valence-electron chi connectivity index (χ0n) is 30.2. The average Bonchev–Trinajstić information content (AvgIpc) is 3.54. The summed E-state index contributed by atoms with van der Waals surface area (Å²) in [5.74, 6) is 0.494. The first-order valence-electron chi connectivity index (χ1n) is 17.7. The van der Waals surface area contributed by atoms with E-state index >= 15 is 0 Å². The van der Waals surface area contributed by atoms with Gasteiger partial charge in [0, 0.05) is 46.8 Å². The molecule has 0 aliphatic carbocycles. The zero-order chi connectivity index (χ0) is 35.8. The SMILES string of the molecule is CCC1=C[C@@H]2C[C@](C(=O)OC)(c3c(OC)cc(N)cc3OC)c3[nH]c4ccccc4c3CC[N@@+](CC(=O)/C=C/c3ccc4ccccc4c3)(C1)C2.[Br-]. The average molecular weight is 765 g/mol. The summed E-state index contributed by atoms with van der Waals surface area (Å²) in [6.45, 7) is 4.72. The van der Waals surface area contributed by atoms with Gasteiger partial charge in [-0.25, -0.2) is 0 Å². The molecule has 0 unspecified atom stereocenters. The summed E-state index contributed by atoms with van der Waals surface area (Å²) in [5.41, 5.74) is 11.0. The van der Waals surface area contributed by atoms with Gasteiger partial charge in [0.05, 0.1) is 40.0 Å². The second kappa shape index (κ2) is 15.0. The largest absolute Gasteiger partial charge is 1.00 e. The molecule has 3 heterocycles. The summed E-state index contributed by atoms with van der Waals surface area (Å²) in [7, 11) is 4.60. The molecule has 0 radical (unpaired) electrons. The molecule has 0 spiro atoms. The third-order valence-corrected chi connectivity index (χ3v) is 10.9. The molecule has 3 N–H and O–H groups in total. The maximum atomic E-state index is 14.7. The first-order valence-corrected chi connectivity index (χ1v) is 17.7. The number of aromatic nitrogens is 1. The Morgan fingerprint density at radius 3 is 2.38 bits per heavy atom. The van der Waals surface area contributed by atoms with Gasteiger partial charge in [0.25, 0.3) is 0 Å². The van der Waals surface area contributed by atoms with Gasteiger partial charge in [-0.15, -0.1) is 0 Å². The fourth-order valence-electron chi connectivity index (χ4n) is 8.75. The Hall–Kier alpha value is -4.86. The normalized spacial score (nSPS) is 21.3. The molecular weight excluding hydrogens is 718 g/mol. The molecule has 7 rings (SSSR count). The van der Waals surface area contributed by atoms with E-state index in [1.54, 1.807) is 32.4 Å². The third kappa shape index (κ3) is 6.63. The number of carbonyl (C=O) groups excluding carboxylic acids is 2. The molecule has 1 aromatic heterocycles. The number of nitrogens with zero attached hydrogens (tertiary/aromatic N) is 1. The van der Waals surface area contributed by atoms with E-state index in [9.17, 15) is 9.59 Å². The number of para-hydroxylation sites is 1. The van der Waals surface area contributed by atoms with Gasteiger partial charge in [0.1, 0.15) is 30.0 Å². The Morgan fingerprint density at radius 1 is 0.962 bits per heavy atom. The van der Waals surface area contributed by atoms with Crippen LogP contribution in [0.25, 0.3) is 27.8 Å². The minimum Gasteiger partial charge on any atom is -1.00 e. The molecule has 2 bridgehead atoms. The number of hydrogen-bond donors (Lipinski definition) is 2. The molecule has 52 heavy (non-hydrogen) atoms. The number of rotatable bonds is 9.